The summed E-state index contributed by atoms with van der Waals surface area (Å²) in [5, 5.41) is 0.311. The number of benzene rings is 3. The van der Waals surface area contributed by atoms with E-state index >= 15 is 0 Å². The lowest BCUT2D eigenvalue weighted by Crippen LogP contribution is -2.10. The molecular weight excluding hydrogens is 388 g/mol. The first-order valence-corrected chi connectivity index (χ1v) is 9.43. The number of ketones is 1. The van der Waals surface area contributed by atoms with Crippen LogP contribution in [0.3, 0.4) is 0 Å². The predicted molar refractivity (Wildman–Crippen MR) is 112 cm³/mol. The average molecular weight is 405 g/mol. The van der Waals surface area contributed by atoms with Crippen LogP contribution >= 0.6 is 11.6 Å². The SMILES string of the molecule is Cc1ccc(/C=C2\Oc3c(ccc(OC(=O)c4ccccc4Cl)c3C)C2=O)cc1. The summed E-state index contributed by atoms with van der Waals surface area (Å²) in [7, 11) is 0. The highest BCUT2D eigenvalue weighted by molar-refractivity contribution is 6.33. The lowest BCUT2D eigenvalue weighted by molar-refractivity contribution is 0.0733. The Labute approximate surface area is 173 Å². The van der Waals surface area contributed by atoms with Gasteiger partial charge in [-0.25, -0.2) is 4.79 Å². The number of fused-ring (bicyclic) bond motifs is 1. The highest BCUT2D eigenvalue weighted by Gasteiger charge is 2.30. The third kappa shape index (κ3) is 3.67. The Morgan fingerprint density at radius 2 is 1.72 bits per heavy atom. The zero-order valence-corrected chi connectivity index (χ0v) is 16.6. The second-order valence-electron chi connectivity index (χ2n) is 6.79. The number of hydrogen-bond acceptors (Lipinski definition) is 4. The molecular formula is C24H17ClO4. The van der Waals surface area contributed by atoms with Gasteiger partial charge in [0.2, 0.25) is 5.78 Å². The van der Waals surface area contributed by atoms with Gasteiger partial charge in [0.15, 0.2) is 5.76 Å². The minimum Gasteiger partial charge on any atom is -0.452 e. The van der Waals surface area contributed by atoms with E-state index < -0.39 is 5.97 Å². The molecule has 1 heterocycles. The summed E-state index contributed by atoms with van der Waals surface area (Å²) in [5.74, 6) is 0.184. The Bertz CT molecular complexity index is 1160. The number of rotatable bonds is 3. The maximum absolute atomic E-state index is 12.7. The van der Waals surface area contributed by atoms with Gasteiger partial charge in [-0.15, -0.1) is 0 Å². The van der Waals surface area contributed by atoms with Crippen molar-refractivity contribution in [2.24, 2.45) is 0 Å². The van der Waals surface area contributed by atoms with Crippen molar-refractivity contribution in [1.29, 1.82) is 0 Å². The fraction of sp³-hybridized carbons (Fsp3) is 0.0833. The number of hydrogen-bond donors (Lipinski definition) is 0. The Morgan fingerprint density at radius 1 is 1.00 bits per heavy atom. The van der Waals surface area contributed by atoms with Crippen LogP contribution in [0.4, 0.5) is 0 Å². The summed E-state index contributed by atoms with van der Waals surface area (Å²) in [4.78, 5) is 25.2. The van der Waals surface area contributed by atoms with Crippen molar-refractivity contribution in [2.45, 2.75) is 13.8 Å². The largest absolute Gasteiger partial charge is 0.452 e. The third-order valence-corrected chi connectivity index (χ3v) is 5.04. The molecule has 4 rings (SSSR count). The fourth-order valence-corrected chi connectivity index (χ4v) is 3.29. The number of aryl methyl sites for hydroxylation is 1. The van der Waals surface area contributed by atoms with Crippen molar-refractivity contribution >= 4 is 29.4 Å². The maximum atomic E-state index is 12.7. The number of halogens is 1. The zero-order chi connectivity index (χ0) is 20.5. The molecule has 0 aliphatic carbocycles. The molecule has 0 unspecified atom stereocenters. The standard InChI is InChI=1S/C24H17ClO4/c1-14-7-9-16(10-8-14)13-21-22(26)18-11-12-20(15(2)23(18)28-21)29-24(27)17-5-3-4-6-19(17)25/h3-13H,1-2H3/b21-13-. The molecule has 0 saturated heterocycles. The second kappa shape index (κ2) is 7.57. The first kappa shape index (κ1) is 19.0. The van der Waals surface area contributed by atoms with Crippen molar-refractivity contribution in [3.05, 3.63) is 99.3 Å². The van der Waals surface area contributed by atoms with Crippen LogP contribution in [0.1, 0.15) is 37.4 Å². The molecule has 0 aromatic heterocycles. The molecule has 3 aromatic rings. The number of esters is 1. The summed E-state index contributed by atoms with van der Waals surface area (Å²) >= 11 is 6.07. The van der Waals surface area contributed by atoms with Gasteiger partial charge >= 0.3 is 5.97 Å². The van der Waals surface area contributed by atoms with E-state index in [1.165, 1.54) is 0 Å². The van der Waals surface area contributed by atoms with Gasteiger partial charge in [0.1, 0.15) is 11.5 Å². The van der Waals surface area contributed by atoms with Crippen LogP contribution in [-0.2, 0) is 0 Å². The van der Waals surface area contributed by atoms with Crippen LogP contribution in [0.2, 0.25) is 5.02 Å². The first-order chi connectivity index (χ1) is 13.9. The summed E-state index contributed by atoms with van der Waals surface area (Å²) in [5.41, 5.74) is 3.29. The molecule has 0 N–H and O–H groups in total. The zero-order valence-electron chi connectivity index (χ0n) is 15.9. The monoisotopic (exact) mass is 404 g/mol. The first-order valence-electron chi connectivity index (χ1n) is 9.05. The van der Waals surface area contributed by atoms with Gasteiger partial charge in [0, 0.05) is 5.56 Å². The molecule has 5 heteroatoms. The molecule has 0 amide bonds. The van der Waals surface area contributed by atoms with E-state index in [4.69, 9.17) is 21.1 Å². The van der Waals surface area contributed by atoms with Gasteiger partial charge < -0.3 is 9.47 Å². The summed E-state index contributed by atoms with van der Waals surface area (Å²) in [6, 6.07) is 17.6. The van der Waals surface area contributed by atoms with Crippen LogP contribution in [0.5, 0.6) is 11.5 Å². The van der Waals surface area contributed by atoms with Crippen LogP contribution in [0, 0.1) is 13.8 Å². The molecule has 3 aromatic carbocycles. The molecule has 0 atom stereocenters. The number of carbonyl (C=O) groups excluding carboxylic acids is 2. The quantitative estimate of drug-likeness (QED) is 0.315. The van der Waals surface area contributed by atoms with Crippen molar-refractivity contribution < 1.29 is 19.1 Å². The third-order valence-electron chi connectivity index (χ3n) is 4.71. The van der Waals surface area contributed by atoms with E-state index in [0.717, 1.165) is 11.1 Å². The average Bonchev–Trinajstić information content (AvgIpc) is 3.02. The normalized spacial score (nSPS) is 13.9. The van der Waals surface area contributed by atoms with E-state index in [1.807, 2.05) is 31.2 Å². The van der Waals surface area contributed by atoms with Crippen molar-refractivity contribution in [3.63, 3.8) is 0 Å². The van der Waals surface area contributed by atoms with E-state index in [0.29, 0.717) is 27.6 Å². The number of ether oxygens (including phenoxy) is 2. The second-order valence-corrected chi connectivity index (χ2v) is 7.19. The van der Waals surface area contributed by atoms with Crippen LogP contribution in [0.25, 0.3) is 6.08 Å². The molecule has 29 heavy (non-hydrogen) atoms. The minimum atomic E-state index is -0.571. The molecule has 0 fully saturated rings. The minimum absolute atomic E-state index is 0.201. The van der Waals surface area contributed by atoms with Crippen LogP contribution in [-0.4, -0.2) is 11.8 Å². The van der Waals surface area contributed by atoms with Crippen LogP contribution in [0.15, 0.2) is 66.4 Å². The van der Waals surface area contributed by atoms with Gasteiger partial charge in [-0.05, 0) is 49.8 Å². The van der Waals surface area contributed by atoms with E-state index in [1.54, 1.807) is 49.4 Å². The molecule has 0 saturated carbocycles. The van der Waals surface area contributed by atoms with E-state index in [2.05, 4.69) is 0 Å². The molecule has 0 bridgehead atoms. The Morgan fingerprint density at radius 3 is 2.45 bits per heavy atom. The maximum Gasteiger partial charge on any atom is 0.345 e. The van der Waals surface area contributed by atoms with Crippen molar-refractivity contribution in [2.75, 3.05) is 0 Å². The smallest absolute Gasteiger partial charge is 0.345 e. The Hall–Kier alpha value is -3.37. The van der Waals surface area contributed by atoms with Gasteiger partial charge in [-0.2, -0.15) is 0 Å². The predicted octanol–water partition coefficient (Wildman–Crippen LogP) is 5.79. The molecule has 144 valence electrons. The lowest BCUT2D eigenvalue weighted by atomic mass is 10.1. The molecule has 1 aliphatic heterocycles. The van der Waals surface area contributed by atoms with Gasteiger partial charge in [0.25, 0.3) is 0 Å². The topological polar surface area (TPSA) is 52.6 Å². The highest BCUT2D eigenvalue weighted by Crippen LogP contribution is 2.39. The van der Waals surface area contributed by atoms with Gasteiger partial charge in [-0.1, -0.05) is 53.6 Å². The molecule has 1 aliphatic rings. The lowest BCUT2D eigenvalue weighted by Gasteiger charge is -2.10. The summed E-state index contributed by atoms with van der Waals surface area (Å²) in [6.07, 6.45) is 1.70. The molecule has 0 radical (unpaired) electrons. The van der Waals surface area contributed by atoms with Gasteiger partial charge in [0.05, 0.1) is 16.1 Å². The summed E-state index contributed by atoms with van der Waals surface area (Å²) in [6.45, 7) is 3.74. The Balaban J connectivity index is 1.62. The Kier molecular flexibility index (Phi) is 4.95. The highest BCUT2D eigenvalue weighted by atomic mass is 35.5. The molecule has 0 spiro atoms. The van der Waals surface area contributed by atoms with E-state index in [9.17, 15) is 9.59 Å². The summed E-state index contributed by atoms with van der Waals surface area (Å²) < 4.78 is 11.3. The van der Waals surface area contributed by atoms with Crippen molar-refractivity contribution in [1.82, 2.24) is 0 Å². The van der Waals surface area contributed by atoms with Gasteiger partial charge in [-0.3, -0.25) is 4.79 Å². The number of allylic oxidation sites excluding steroid dienone is 1. The fourth-order valence-electron chi connectivity index (χ4n) is 3.07. The number of carbonyl (C=O) groups is 2. The van der Waals surface area contributed by atoms with Crippen LogP contribution < -0.4 is 9.47 Å². The molecule has 4 nitrogen and oxygen atoms in total. The number of Topliss-reactive ketones (excluding diaryl/α,β-unsaturated/α-hetero) is 1. The van der Waals surface area contributed by atoms with Crippen molar-refractivity contribution in [3.8, 4) is 11.5 Å². The van der Waals surface area contributed by atoms with E-state index in [-0.39, 0.29) is 17.1 Å².